The summed E-state index contributed by atoms with van der Waals surface area (Å²) < 4.78 is 18.3. The molecule has 0 spiro atoms. The summed E-state index contributed by atoms with van der Waals surface area (Å²) in [4.78, 5) is 24.1. The Balaban J connectivity index is 2.23. The van der Waals surface area contributed by atoms with E-state index in [0.29, 0.717) is 11.3 Å². The van der Waals surface area contributed by atoms with Crippen LogP contribution in [0.1, 0.15) is 39.3 Å². The Kier molecular flexibility index (Phi) is 6.74. The van der Waals surface area contributed by atoms with Crippen molar-refractivity contribution in [3.63, 3.8) is 0 Å². The summed E-state index contributed by atoms with van der Waals surface area (Å²) in [6, 6.07) is 5.45. The molecule has 1 aliphatic heterocycles. The minimum atomic E-state index is -0.452. The molecule has 0 saturated carbocycles. The molecule has 1 aromatic rings. The van der Waals surface area contributed by atoms with E-state index in [9.17, 15) is 14.0 Å². The number of urea groups is 1. The van der Waals surface area contributed by atoms with Crippen molar-refractivity contribution in [1.82, 2.24) is 16.0 Å². The highest BCUT2D eigenvalue weighted by Crippen LogP contribution is 2.23. The number of halogens is 1. The minimum Gasteiger partial charge on any atom is -0.463 e. The van der Waals surface area contributed by atoms with Crippen molar-refractivity contribution in [1.29, 1.82) is 0 Å². The summed E-state index contributed by atoms with van der Waals surface area (Å²) in [6.45, 7) is 8.11. The molecule has 142 valence electrons. The zero-order valence-electron chi connectivity index (χ0n) is 15.6. The van der Waals surface area contributed by atoms with Gasteiger partial charge in [0.25, 0.3) is 0 Å². The summed E-state index contributed by atoms with van der Waals surface area (Å²) in [7, 11) is 0. The van der Waals surface area contributed by atoms with E-state index in [1.165, 1.54) is 12.1 Å². The number of hydrogen-bond acceptors (Lipinski definition) is 4. The summed E-state index contributed by atoms with van der Waals surface area (Å²) in [5, 5.41) is 8.73. The van der Waals surface area contributed by atoms with Crippen LogP contribution in [0, 0.1) is 11.7 Å². The maximum Gasteiger partial charge on any atom is 0.337 e. The first kappa shape index (κ1) is 19.9. The zero-order chi connectivity index (χ0) is 19.3. The highest BCUT2D eigenvalue weighted by atomic mass is 19.1. The average Bonchev–Trinajstić information content (AvgIpc) is 2.56. The number of carbonyl (C=O) groups excluding carboxylic acids is 2. The van der Waals surface area contributed by atoms with Crippen LogP contribution < -0.4 is 16.0 Å². The van der Waals surface area contributed by atoms with Crippen LogP contribution in [0.5, 0.6) is 0 Å². The van der Waals surface area contributed by atoms with Gasteiger partial charge in [-0.25, -0.2) is 14.0 Å². The number of esters is 1. The zero-order valence-corrected chi connectivity index (χ0v) is 15.6. The van der Waals surface area contributed by atoms with Crippen LogP contribution in [0.15, 0.2) is 35.5 Å². The standard InChI is InChI=1S/C19H26FN3O3/c1-5-26-18(24)16-12(4)22-19(25)23-15(16)10-21-17(11(2)3)13-6-8-14(20)9-7-13/h6-9,11-12,17,21H,5,10H2,1-4H3,(H2,22,23,25)/t12-,17-/m1/s1. The van der Waals surface area contributed by atoms with Crippen molar-refractivity contribution in [3.05, 3.63) is 46.9 Å². The number of benzene rings is 1. The molecule has 0 aliphatic carbocycles. The van der Waals surface area contributed by atoms with E-state index in [1.807, 2.05) is 13.8 Å². The van der Waals surface area contributed by atoms with Gasteiger partial charge in [-0.15, -0.1) is 0 Å². The van der Waals surface area contributed by atoms with Gasteiger partial charge in [0.1, 0.15) is 5.82 Å². The average molecular weight is 363 g/mol. The van der Waals surface area contributed by atoms with Crippen LogP contribution in [-0.2, 0) is 9.53 Å². The third kappa shape index (κ3) is 4.82. The van der Waals surface area contributed by atoms with Crippen LogP contribution in [-0.4, -0.2) is 31.2 Å². The van der Waals surface area contributed by atoms with E-state index < -0.39 is 12.0 Å². The molecule has 0 fully saturated rings. The van der Waals surface area contributed by atoms with E-state index in [1.54, 1.807) is 26.0 Å². The van der Waals surface area contributed by atoms with Gasteiger partial charge in [0.2, 0.25) is 0 Å². The topological polar surface area (TPSA) is 79.5 Å². The number of hydrogen-bond donors (Lipinski definition) is 3. The molecule has 0 bridgehead atoms. The second-order valence-electron chi connectivity index (χ2n) is 6.59. The number of amides is 2. The van der Waals surface area contributed by atoms with Gasteiger partial charge in [0.15, 0.2) is 0 Å². The van der Waals surface area contributed by atoms with Crippen molar-refractivity contribution in [2.75, 3.05) is 13.2 Å². The highest BCUT2D eigenvalue weighted by Gasteiger charge is 2.30. The first-order valence-electron chi connectivity index (χ1n) is 8.80. The maximum atomic E-state index is 13.2. The van der Waals surface area contributed by atoms with Gasteiger partial charge in [-0.2, -0.15) is 0 Å². The van der Waals surface area contributed by atoms with Gasteiger partial charge in [0, 0.05) is 18.3 Å². The summed E-state index contributed by atoms with van der Waals surface area (Å²) in [5.74, 6) is -0.517. The quantitative estimate of drug-likeness (QED) is 0.651. The van der Waals surface area contributed by atoms with E-state index in [-0.39, 0.29) is 37.0 Å². The minimum absolute atomic E-state index is 0.0614. The molecule has 7 heteroatoms. The number of nitrogens with one attached hydrogen (secondary N) is 3. The number of rotatable bonds is 7. The second-order valence-corrected chi connectivity index (χ2v) is 6.59. The molecule has 6 nitrogen and oxygen atoms in total. The lowest BCUT2D eigenvalue weighted by molar-refractivity contribution is -0.139. The van der Waals surface area contributed by atoms with Crippen LogP contribution >= 0.6 is 0 Å². The summed E-state index contributed by atoms with van der Waals surface area (Å²) in [5.41, 5.74) is 1.83. The highest BCUT2D eigenvalue weighted by molar-refractivity contribution is 5.94. The van der Waals surface area contributed by atoms with Gasteiger partial charge in [-0.05, 0) is 37.5 Å². The van der Waals surface area contributed by atoms with Crippen molar-refractivity contribution in [2.45, 2.75) is 39.8 Å². The number of carbonyl (C=O) groups is 2. The molecule has 1 aliphatic rings. The van der Waals surface area contributed by atoms with Gasteiger partial charge >= 0.3 is 12.0 Å². The van der Waals surface area contributed by atoms with E-state index in [2.05, 4.69) is 16.0 Å². The molecule has 1 heterocycles. The van der Waals surface area contributed by atoms with Crippen LogP contribution in [0.2, 0.25) is 0 Å². The van der Waals surface area contributed by atoms with Crippen molar-refractivity contribution < 1.29 is 18.7 Å². The largest absolute Gasteiger partial charge is 0.463 e. The molecular formula is C19H26FN3O3. The lowest BCUT2D eigenvalue weighted by Gasteiger charge is -2.29. The molecule has 1 aromatic carbocycles. The van der Waals surface area contributed by atoms with Crippen LogP contribution in [0.3, 0.4) is 0 Å². The van der Waals surface area contributed by atoms with Crippen molar-refractivity contribution in [3.8, 4) is 0 Å². The maximum absolute atomic E-state index is 13.2. The Morgan fingerprint density at radius 1 is 1.31 bits per heavy atom. The molecule has 3 N–H and O–H groups in total. The van der Waals surface area contributed by atoms with Crippen LogP contribution in [0.25, 0.3) is 0 Å². The predicted molar refractivity (Wildman–Crippen MR) is 96.8 cm³/mol. The molecular weight excluding hydrogens is 337 g/mol. The smallest absolute Gasteiger partial charge is 0.337 e. The Hall–Kier alpha value is -2.41. The Labute approximate surface area is 153 Å². The van der Waals surface area contributed by atoms with Gasteiger partial charge < -0.3 is 20.7 Å². The first-order valence-corrected chi connectivity index (χ1v) is 8.80. The molecule has 2 atom stereocenters. The first-order chi connectivity index (χ1) is 12.3. The lowest BCUT2D eigenvalue weighted by Crippen LogP contribution is -2.51. The fraction of sp³-hybridized carbons (Fsp3) is 0.474. The predicted octanol–water partition coefficient (Wildman–Crippen LogP) is 2.63. The van der Waals surface area contributed by atoms with Gasteiger partial charge in [-0.1, -0.05) is 26.0 Å². The number of ether oxygens (including phenoxy) is 1. The Morgan fingerprint density at radius 3 is 2.54 bits per heavy atom. The van der Waals surface area contributed by atoms with E-state index in [4.69, 9.17) is 4.74 Å². The third-order valence-corrected chi connectivity index (χ3v) is 4.26. The van der Waals surface area contributed by atoms with Crippen molar-refractivity contribution in [2.24, 2.45) is 5.92 Å². The second kappa shape index (κ2) is 8.80. The SMILES string of the molecule is CCOC(=O)C1=C(CN[C@@H](c2ccc(F)cc2)C(C)C)NC(=O)N[C@@H]1C. The van der Waals surface area contributed by atoms with Gasteiger partial charge in [-0.3, -0.25) is 0 Å². The lowest BCUT2D eigenvalue weighted by atomic mass is 9.95. The normalized spacial score (nSPS) is 18.4. The Bertz CT molecular complexity index is 686. The Morgan fingerprint density at radius 2 is 1.96 bits per heavy atom. The molecule has 0 saturated heterocycles. The van der Waals surface area contributed by atoms with E-state index in [0.717, 1.165) is 5.56 Å². The monoisotopic (exact) mass is 363 g/mol. The molecule has 26 heavy (non-hydrogen) atoms. The molecule has 2 rings (SSSR count). The molecule has 0 aromatic heterocycles. The van der Waals surface area contributed by atoms with E-state index >= 15 is 0 Å². The molecule has 0 radical (unpaired) electrons. The fourth-order valence-corrected chi connectivity index (χ4v) is 3.04. The van der Waals surface area contributed by atoms with Gasteiger partial charge in [0.05, 0.1) is 18.2 Å². The fourth-order valence-electron chi connectivity index (χ4n) is 3.04. The third-order valence-electron chi connectivity index (χ3n) is 4.26. The van der Waals surface area contributed by atoms with Crippen molar-refractivity contribution >= 4 is 12.0 Å². The summed E-state index contributed by atoms with van der Waals surface area (Å²) in [6.07, 6.45) is 0. The summed E-state index contributed by atoms with van der Waals surface area (Å²) >= 11 is 0. The molecule has 0 unspecified atom stereocenters. The van der Waals surface area contributed by atoms with Crippen LogP contribution in [0.4, 0.5) is 9.18 Å². The molecule has 2 amide bonds.